The van der Waals surface area contributed by atoms with Gasteiger partial charge < -0.3 is 10.2 Å². The van der Waals surface area contributed by atoms with Crippen molar-refractivity contribution in [3.8, 4) is 0 Å². The fraction of sp³-hybridized carbons (Fsp3) is 0.355. The minimum absolute atomic E-state index is 0.0681. The maximum absolute atomic E-state index is 13.8. The quantitative estimate of drug-likeness (QED) is 0.293. The van der Waals surface area contributed by atoms with Crippen molar-refractivity contribution in [3.05, 3.63) is 101 Å². The van der Waals surface area contributed by atoms with Crippen molar-refractivity contribution < 1.29 is 18.0 Å². The Labute approximate surface area is 243 Å². The zero-order valence-corrected chi connectivity index (χ0v) is 25.1. The summed E-state index contributed by atoms with van der Waals surface area (Å²) in [6.45, 7) is 5.99. The molecular formula is C31H38ClN3O4S. The molecule has 0 radical (unpaired) electrons. The number of benzene rings is 3. The average Bonchev–Trinajstić information content (AvgIpc) is 2.88. The van der Waals surface area contributed by atoms with Crippen LogP contribution in [-0.2, 0) is 32.6 Å². The average molecular weight is 584 g/mol. The number of halogens is 1. The molecule has 2 amide bonds. The van der Waals surface area contributed by atoms with Crippen LogP contribution >= 0.6 is 11.6 Å². The number of sulfonamides is 1. The fourth-order valence-corrected chi connectivity index (χ4v) is 5.72. The second kappa shape index (κ2) is 14.3. The molecular weight excluding hydrogens is 546 g/mol. The highest BCUT2D eigenvalue weighted by Gasteiger charge is 2.31. The van der Waals surface area contributed by atoms with Gasteiger partial charge in [-0.1, -0.05) is 66.2 Å². The zero-order chi connectivity index (χ0) is 29.3. The summed E-state index contributed by atoms with van der Waals surface area (Å²) in [5.41, 5.74) is 3.23. The van der Waals surface area contributed by atoms with Crippen LogP contribution in [0, 0.1) is 6.92 Å². The van der Waals surface area contributed by atoms with E-state index in [0.717, 1.165) is 22.9 Å². The van der Waals surface area contributed by atoms with Gasteiger partial charge in [0.2, 0.25) is 21.8 Å². The fourth-order valence-electron chi connectivity index (χ4n) is 4.55. The maximum atomic E-state index is 13.8. The number of hydrogen-bond donors (Lipinski definition) is 1. The highest BCUT2D eigenvalue weighted by Crippen LogP contribution is 2.22. The number of nitrogens with zero attached hydrogens (tertiary/aromatic N) is 2. The monoisotopic (exact) mass is 583 g/mol. The molecule has 0 fully saturated rings. The summed E-state index contributed by atoms with van der Waals surface area (Å²) in [5.74, 6) is -0.482. The lowest BCUT2D eigenvalue weighted by Crippen LogP contribution is -2.51. The first-order valence-corrected chi connectivity index (χ1v) is 15.6. The van der Waals surface area contributed by atoms with Gasteiger partial charge in [-0.25, -0.2) is 8.42 Å². The van der Waals surface area contributed by atoms with E-state index in [9.17, 15) is 18.0 Å². The zero-order valence-electron chi connectivity index (χ0n) is 23.5. The lowest BCUT2D eigenvalue weighted by atomic mass is 10.0. The van der Waals surface area contributed by atoms with E-state index in [0.29, 0.717) is 17.1 Å². The lowest BCUT2D eigenvalue weighted by Gasteiger charge is -2.32. The number of carbonyl (C=O) groups is 2. The van der Waals surface area contributed by atoms with Gasteiger partial charge in [0.25, 0.3) is 0 Å². The molecule has 1 atom stereocenters. The van der Waals surface area contributed by atoms with E-state index in [1.807, 2.05) is 75.4 Å². The normalized spacial score (nSPS) is 12.2. The minimum atomic E-state index is -3.56. The SMILES string of the molecule is Cc1cccc(N(CCCC(=O)N(Cc2cccc(Cl)c2)[C@H](Cc2ccccc2)C(=O)NC(C)C)S(C)(=O)=O)c1. The molecule has 3 rings (SSSR count). The summed E-state index contributed by atoms with van der Waals surface area (Å²) in [7, 11) is -3.56. The van der Waals surface area contributed by atoms with E-state index in [1.54, 1.807) is 29.2 Å². The molecule has 40 heavy (non-hydrogen) atoms. The van der Waals surface area contributed by atoms with Crippen molar-refractivity contribution in [2.24, 2.45) is 0 Å². The second-order valence-electron chi connectivity index (χ2n) is 10.3. The van der Waals surface area contributed by atoms with E-state index in [-0.39, 0.29) is 43.8 Å². The van der Waals surface area contributed by atoms with Crippen molar-refractivity contribution in [1.82, 2.24) is 10.2 Å². The summed E-state index contributed by atoms with van der Waals surface area (Å²) in [6, 6.07) is 23.2. The van der Waals surface area contributed by atoms with Gasteiger partial charge in [0.15, 0.2) is 0 Å². The largest absolute Gasteiger partial charge is 0.352 e. The highest BCUT2D eigenvalue weighted by atomic mass is 35.5. The van der Waals surface area contributed by atoms with Crippen molar-refractivity contribution in [2.75, 3.05) is 17.1 Å². The molecule has 3 aromatic carbocycles. The molecule has 0 spiro atoms. The van der Waals surface area contributed by atoms with Crippen LogP contribution in [0.2, 0.25) is 5.02 Å². The van der Waals surface area contributed by atoms with E-state index >= 15 is 0 Å². The van der Waals surface area contributed by atoms with Crippen molar-refractivity contribution >= 4 is 39.1 Å². The van der Waals surface area contributed by atoms with Crippen LogP contribution < -0.4 is 9.62 Å². The first kappa shape index (κ1) is 31.2. The van der Waals surface area contributed by atoms with E-state index in [4.69, 9.17) is 11.6 Å². The lowest BCUT2D eigenvalue weighted by molar-refractivity contribution is -0.141. The molecule has 9 heteroatoms. The molecule has 0 aliphatic rings. The molecule has 3 aromatic rings. The van der Waals surface area contributed by atoms with E-state index < -0.39 is 16.1 Å². The summed E-state index contributed by atoms with van der Waals surface area (Å²) in [4.78, 5) is 28.9. The molecule has 0 aliphatic carbocycles. The van der Waals surface area contributed by atoms with Gasteiger partial charge in [-0.05, 0) is 68.1 Å². The maximum Gasteiger partial charge on any atom is 0.243 e. The van der Waals surface area contributed by atoms with Gasteiger partial charge in [0.1, 0.15) is 6.04 Å². The van der Waals surface area contributed by atoms with Crippen LogP contribution in [0.25, 0.3) is 0 Å². The minimum Gasteiger partial charge on any atom is -0.352 e. The third-order valence-corrected chi connectivity index (χ3v) is 7.81. The second-order valence-corrected chi connectivity index (χ2v) is 12.6. The molecule has 0 heterocycles. The first-order valence-electron chi connectivity index (χ1n) is 13.4. The van der Waals surface area contributed by atoms with Gasteiger partial charge in [-0.3, -0.25) is 13.9 Å². The third kappa shape index (κ3) is 9.38. The van der Waals surface area contributed by atoms with Crippen LogP contribution in [0.5, 0.6) is 0 Å². The number of nitrogens with one attached hydrogen (secondary N) is 1. The van der Waals surface area contributed by atoms with E-state index in [1.165, 1.54) is 4.31 Å². The van der Waals surface area contributed by atoms with E-state index in [2.05, 4.69) is 5.32 Å². The number of rotatable bonds is 13. The number of carbonyl (C=O) groups excluding carboxylic acids is 2. The first-order chi connectivity index (χ1) is 18.9. The van der Waals surface area contributed by atoms with Gasteiger partial charge >= 0.3 is 0 Å². The highest BCUT2D eigenvalue weighted by molar-refractivity contribution is 7.92. The van der Waals surface area contributed by atoms with Gasteiger partial charge in [-0.2, -0.15) is 0 Å². The van der Waals surface area contributed by atoms with Crippen LogP contribution in [-0.4, -0.2) is 50.0 Å². The summed E-state index contributed by atoms with van der Waals surface area (Å²) < 4.78 is 26.5. The predicted octanol–water partition coefficient (Wildman–Crippen LogP) is 5.36. The molecule has 214 valence electrons. The molecule has 0 saturated carbocycles. The van der Waals surface area contributed by atoms with Crippen molar-refractivity contribution in [3.63, 3.8) is 0 Å². The number of aryl methyl sites for hydroxylation is 1. The molecule has 1 N–H and O–H groups in total. The van der Waals surface area contributed by atoms with Gasteiger partial charge in [0.05, 0.1) is 11.9 Å². The Morgan fingerprint density at radius 2 is 1.60 bits per heavy atom. The Hall–Kier alpha value is -3.36. The van der Waals surface area contributed by atoms with Crippen LogP contribution in [0.4, 0.5) is 5.69 Å². The summed E-state index contributed by atoms with van der Waals surface area (Å²) in [6.07, 6.45) is 1.85. The van der Waals surface area contributed by atoms with Crippen LogP contribution in [0.15, 0.2) is 78.9 Å². The molecule has 0 aliphatic heterocycles. The van der Waals surface area contributed by atoms with Gasteiger partial charge in [0, 0.05) is 37.0 Å². The molecule has 0 unspecified atom stereocenters. The van der Waals surface area contributed by atoms with Crippen LogP contribution in [0.3, 0.4) is 0 Å². The molecule has 0 bridgehead atoms. The predicted molar refractivity (Wildman–Crippen MR) is 162 cm³/mol. The summed E-state index contributed by atoms with van der Waals surface area (Å²) >= 11 is 6.23. The van der Waals surface area contributed by atoms with Crippen molar-refractivity contribution in [1.29, 1.82) is 0 Å². The van der Waals surface area contributed by atoms with Gasteiger partial charge in [-0.15, -0.1) is 0 Å². The standard InChI is InChI=1S/C31H38ClN3O4S/c1-23(2)33-31(37)29(21-25-12-6-5-7-13-25)34(22-26-14-9-15-27(32)20-26)30(36)17-10-18-35(40(4,38)39)28-16-8-11-24(3)19-28/h5-9,11-16,19-20,23,29H,10,17-18,21-22H2,1-4H3,(H,33,37)/t29-/m1/s1. The summed E-state index contributed by atoms with van der Waals surface area (Å²) in [5, 5.41) is 3.51. The topological polar surface area (TPSA) is 86.8 Å². The molecule has 0 aromatic heterocycles. The molecule has 7 nitrogen and oxygen atoms in total. The number of amides is 2. The number of anilines is 1. The Morgan fingerprint density at radius 1 is 0.925 bits per heavy atom. The Morgan fingerprint density at radius 3 is 2.23 bits per heavy atom. The smallest absolute Gasteiger partial charge is 0.243 e. The Bertz CT molecular complexity index is 1400. The molecule has 0 saturated heterocycles. The third-order valence-electron chi connectivity index (χ3n) is 6.39. The number of hydrogen-bond acceptors (Lipinski definition) is 4. The van der Waals surface area contributed by atoms with Crippen molar-refractivity contribution in [2.45, 2.75) is 58.7 Å². The Kier molecular flexibility index (Phi) is 11.2. The Balaban J connectivity index is 1.88. The van der Waals surface area contributed by atoms with Crippen LogP contribution in [0.1, 0.15) is 43.4 Å².